The van der Waals surface area contributed by atoms with E-state index >= 15 is 0 Å². The Morgan fingerprint density at radius 1 is 1.55 bits per heavy atom. The van der Waals surface area contributed by atoms with Crippen molar-refractivity contribution in [3.05, 3.63) is 33.5 Å². The normalized spacial score (nSPS) is 10.2. The first-order chi connectivity index (χ1) is 5.15. The summed E-state index contributed by atoms with van der Waals surface area (Å²) in [7, 11) is 0. The number of aryl methyl sites for hydroxylation is 1. The molecule has 1 nitrogen and oxygen atoms in total. The van der Waals surface area contributed by atoms with Gasteiger partial charge < -0.3 is 5.73 Å². The van der Waals surface area contributed by atoms with Crippen LogP contribution in [0.1, 0.15) is 11.1 Å². The SMILES string of the molecule is Cc1cc(Br)c(CN)cc1F. The van der Waals surface area contributed by atoms with E-state index in [0.717, 1.165) is 10.0 Å². The van der Waals surface area contributed by atoms with Crippen LogP contribution < -0.4 is 5.73 Å². The summed E-state index contributed by atoms with van der Waals surface area (Å²) >= 11 is 3.29. The Balaban J connectivity index is 3.21. The van der Waals surface area contributed by atoms with Gasteiger partial charge in [0.2, 0.25) is 0 Å². The molecule has 60 valence electrons. The first kappa shape index (κ1) is 8.68. The highest BCUT2D eigenvalue weighted by molar-refractivity contribution is 9.10. The highest BCUT2D eigenvalue weighted by atomic mass is 79.9. The lowest BCUT2D eigenvalue weighted by Crippen LogP contribution is -1.98. The van der Waals surface area contributed by atoms with Crippen molar-refractivity contribution < 1.29 is 4.39 Å². The third kappa shape index (κ3) is 1.79. The molecule has 1 aromatic rings. The molecule has 0 aliphatic heterocycles. The highest BCUT2D eigenvalue weighted by Crippen LogP contribution is 2.20. The molecule has 0 unspecified atom stereocenters. The number of hydrogen-bond acceptors (Lipinski definition) is 1. The van der Waals surface area contributed by atoms with Gasteiger partial charge in [0.1, 0.15) is 5.82 Å². The van der Waals surface area contributed by atoms with Crippen molar-refractivity contribution in [2.45, 2.75) is 13.5 Å². The van der Waals surface area contributed by atoms with Gasteiger partial charge in [0.25, 0.3) is 0 Å². The van der Waals surface area contributed by atoms with Crippen molar-refractivity contribution >= 4 is 15.9 Å². The largest absolute Gasteiger partial charge is 0.326 e. The molecule has 3 heteroatoms. The summed E-state index contributed by atoms with van der Waals surface area (Å²) in [6.45, 7) is 2.08. The summed E-state index contributed by atoms with van der Waals surface area (Å²) in [6, 6.07) is 3.19. The van der Waals surface area contributed by atoms with Crippen molar-refractivity contribution in [1.29, 1.82) is 0 Å². The quantitative estimate of drug-likeness (QED) is 0.769. The van der Waals surface area contributed by atoms with Crippen LogP contribution in [-0.2, 0) is 6.54 Å². The van der Waals surface area contributed by atoms with E-state index in [4.69, 9.17) is 5.73 Å². The van der Waals surface area contributed by atoms with Gasteiger partial charge in [0.05, 0.1) is 0 Å². The van der Waals surface area contributed by atoms with Crippen LogP contribution in [0.5, 0.6) is 0 Å². The van der Waals surface area contributed by atoms with Crippen LogP contribution in [0.3, 0.4) is 0 Å². The Kier molecular flexibility index (Phi) is 2.62. The van der Waals surface area contributed by atoms with Crippen LogP contribution in [0.2, 0.25) is 0 Å². The maximum atomic E-state index is 12.9. The van der Waals surface area contributed by atoms with Gasteiger partial charge in [0, 0.05) is 11.0 Å². The fourth-order valence-electron chi connectivity index (χ4n) is 0.844. The molecular weight excluding hydrogens is 209 g/mol. The molecule has 0 saturated carbocycles. The summed E-state index contributed by atoms with van der Waals surface area (Å²) in [4.78, 5) is 0. The average molecular weight is 218 g/mol. The molecular formula is C8H9BrFN. The van der Waals surface area contributed by atoms with E-state index in [1.165, 1.54) is 6.07 Å². The molecule has 0 heterocycles. The molecule has 0 aliphatic carbocycles. The fraction of sp³-hybridized carbons (Fsp3) is 0.250. The number of halogens is 2. The first-order valence-electron chi connectivity index (χ1n) is 3.29. The second-order valence-electron chi connectivity index (χ2n) is 2.40. The summed E-state index contributed by atoms with van der Waals surface area (Å²) in [5.41, 5.74) is 6.81. The molecule has 0 atom stereocenters. The lowest BCUT2D eigenvalue weighted by Gasteiger charge is -2.02. The molecule has 0 saturated heterocycles. The Morgan fingerprint density at radius 2 is 2.18 bits per heavy atom. The number of nitrogens with two attached hydrogens (primary N) is 1. The van der Waals surface area contributed by atoms with Gasteiger partial charge in [-0.25, -0.2) is 4.39 Å². The maximum Gasteiger partial charge on any atom is 0.126 e. The second kappa shape index (κ2) is 3.32. The van der Waals surface area contributed by atoms with E-state index < -0.39 is 0 Å². The molecule has 11 heavy (non-hydrogen) atoms. The smallest absolute Gasteiger partial charge is 0.126 e. The highest BCUT2D eigenvalue weighted by Gasteiger charge is 2.02. The van der Waals surface area contributed by atoms with Gasteiger partial charge in [-0.05, 0) is 30.2 Å². The molecule has 0 aliphatic rings. The zero-order valence-corrected chi connectivity index (χ0v) is 7.78. The van der Waals surface area contributed by atoms with E-state index in [2.05, 4.69) is 15.9 Å². The minimum atomic E-state index is -0.200. The monoisotopic (exact) mass is 217 g/mol. The summed E-state index contributed by atoms with van der Waals surface area (Å²) in [5, 5.41) is 0. The van der Waals surface area contributed by atoms with Crippen LogP contribution in [0.4, 0.5) is 4.39 Å². The van der Waals surface area contributed by atoms with Gasteiger partial charge in [-0.15, -0.1) is 0 Å². The summed E-state index contributed by atoms with van der Waals surface area (Å²) in [6.07, 6.45) is 0. The topological polar surface area (TPSA) is 26.0 Å². The van der Waals surface area contributed by atoms with E-state index in [0.29, 0.717) is 12.1 Å². The standard InChI is InChI=1S/C8H9BrFN/c1-5-2-7(9)6(4-11)3-8(5)10/h2-3H,4,11H2,1H3. The molecule has 0 radical (unpaired) electrons. The zero-order valence-electron chi connectivity index (χ0n) is 6.20. The Morgan fingerprint density at radius 3 is 2.73 bits per heavy atom. The molecule has 1 aromatic carbocycles. The van der Waals surface area contributed by atoms with Crippen LogP contribution in [0.15, 0.2) is 16.6 Å². The van der Waals surface area contributed by atoms with Crippen LogP contribution in [-0.4, -0.2) is 0 Å². The molecule has 0 fully saturated rings. The maximum absolute atomic E-state index is 12.9. The van der Waals surface area contributed by atoms with E-state index in [1.807, 2.05) is 0 Å². The van der Waals surface area contributed by atoms with Crippen LogP contribution >= 0.6 is 15.9 Å². The van der Waals surface area contributed by atoms with E-state index in [1.54, 1.807) is 13.0 Å². The van der Waals surface area contributed by atoms with Gasteiger partial charge in [-0.1, -0.05) is 15.9 Å². The van der Waals surface area contributed by atoms with Crippen LogP contribution in [0, 0.1) is 12.7 Å². The minimum Gasteiger partial charge on any atom is -0.326 e. The zero-order chi connectivity index (χ0) is 8.43. The van der Waals surface area contributed by atoms with Crippen molar-refractivity contribution in [2.24, 2.45) is 5.73 Å². The molecule has 1 rings (SSSR count). The van der Waals surface area contributed by atoms with Crippen molar-refractivity contribution in [2.75, 3.05) is 0 Å². The molecule has 0 aromatic heterocycles. The van der Waals surface area contributed by atoms with Gasteiger partial charge in [-0.3, -0.25) is 0 Å². The van der Waals surface area contributed by atoms with Gasteiger partial charge in [0.15, 0.2) is 0 Å². The van der Waals surface area contributed by atoms with Crippen LogP contribution in [0.25, 0.3) is 0 Å². The van der Waals surface area contributed by atoms with Gasteiger partial charge >= 0.3 is 0 Å². The average Bonchev–Trinajstić information content (AvgIpc) is 1.97. The predicted molar refractivity (Wildman–Crippen MR) is 46.7 cm³/mol. The Bertz CT molecular complexity index is 273. The second-order valence-corrected chi connectivity index (χ2v) is 3.25. The molecule has 2 N–H and O–H groups in total. The lowest BCUT2D eigenvalue weighted by atomic mass is 10.1. The van der Waals surface area contributed by atoms with E-state index in [9.17, 15) is 4.39 Å². The Hall–Kier alpha value is -0.410. The number of benzene rings is 1. The third-order valence-corrected chi connectivity index (χ3v) is 2.29. The molecule has 0 spiro atoms. The summed E-state index contributed by atoms with van der Waals surface area (Å²) < 4.78 is 13.7. The first-order valence-corrected chi connectivity index (χ1v) is 4.09. The van der Waals surface area contributed by atoms with Crippen molar-refractivity contribution in [1.82, 2.24) is 0 Å². The number of rotatable bonds is 1. The predicted octanol–water partition coefficient (Wildman–Crippen LogP) is 2.36. The molecule has 0 amide bonds. The fourth-order valence-corrected chi connectivity index (χ4v) is 1.46. The van der Waals surface area contributed by atoms with Crippen molar-refractivity contribution in [3.8, 4) is 0 Å². The summed E-state index contributed by atoms with van der Waals surface area (Å²) in [5.74, 6) is -0.200. The van der Waals surface area contributed by atoms with Gasteiger partial charge in [-0.2, -0.15) is 0 Å². The third-order valence-electron chi connectivity index (χ3n) is 1.55. The molecule has 0 bridgehead atoms. The van der Waals surface area contributed by atoms with E-state index in [-0.39, 0.29) is 5.82 Å². The number of hydrogen-bond donors (Lipinski definition) is 1. The Labute approximate surface area is 73.5 Å². The van der Waals surface area contributed by atoms with Crippen molar-refractivity contribution in [3.63, 3.8) is 0 Å². The minimum absolute atomic E-state index is 0.200. The lowest BCUT2D eigenvalue weighted by molar-refractivity contribution is 0.615.